The second-order valence-corrected chi connectivity index (χ2v) is 4.49. The number of esters is 1. The lowest BCUT2D eigenvalue weighted by atomic mass is 10.0. The Labute approximate surface area is 112 Å². The fraction of sp³-hybridized carbons (Fsp3) is 0.500. The Bertz CT molecular complexity index is 483. The molecule has 1 aromatic rings. The summed E-state index contributed by atoms with van der Waals surface area (Å²) >= 11 is 0. The van der Waals surface area contributed by atoms with Crippen molar-refractivity contribution in [3.63, 3.8) is 0 Å². The molecule has 1 N–H and O–H groups in total. The lowest BCUT2D eigenvalue weighted by Gasteiger charge is -2.15. The van der Waals surface area contributed by atoms with Crippen molar-refractivity contribution in [1.82, 2.24) is 0 Å². The summed E-state index contributed by atoms with van der Waals surface area (Å²) in [5.41, 5.74) is 1.40. The van der Waals surface area contributed by atoms with Gasteiger partial charge in [0.2, 0.25) is 0 Å². The third kappa shape index (κ3) is 2.66. The summed E-state index contributed by atoms with van der Waals surface area (Å²) in [6.07, 6.45) is -0.476. The summed E-state index contributed by atoms with van der Waals surface area (Å²) in [7, 11) is 1.23. The molecule has 2 atom stereocenters. The molecular weight excluding hydrogens is 248 g/mol. The van der Waals surface area contributed by atoms with Crippen LogP contribution in [0.25, 0.3) is 0 Å². The van der Waals surface area contributed by atoms with Crippen molar-refractivity contribution >= 4 is 5.97 Å². The van der Waals surface area contributed by atoms with E-state index in [2.05, 4.69) is 4.74 Å². The minimum atomic E-state index is -1.36. The Morgan fingerprint density at radius 1 is 1.58 bits per heavy atom. The summed E-state index contributed by atoms with van der Waals surface area (Å²) in [4.78, 5) is 11.5. The van der Waals surface area contributed by atoms with Crippen LogP contribution in [0.2, 0.25) is 0 Å². The Morgan fingerprint density at radius 3 is 2.95 bits per heavy atom. The number of aliphatic hydroxyl groups excluding tert-OH is 1. The topological polar surface area (TPSA) is 65.0 Å². The summed E-state index contributed by atoms with van der Waals surface area (Å²) in [6.45, 7) is 4.27. The van der Waals surface area contributed by atoms with E-state index in [1.165, 1.54) is 7.11 Å². The van der Waals surface area contributed by atoms with Gasteiger partial charge in [0.1, 0.15) is 17.6 Å². The molecule has 1 aliphatic heterocycles. The number of benzene rings is 1. The fourth-order valence-electron chi connectivity index (χ4n) is 2.19. The predicted octanol–water partition coefficient (Wildman–Crippen LogP) is 1.62. The molecule has 0 fully saturated rings. The molecule has 0 spiro atoms. The van der Waals surface area contributed by atoms with Crippen LogP contribution in [-0.2, 0) is 16.0 Å². The molecule has 1 aromatic carbocycles. The van der Waals surface area contributed by atoms with Gasteiger partial charge < -0.3 is 19.3 Å². The van der Waals surface area contributed by atoms with Gasteiger partial charge in [0.15, 0.2) is 6.10 Å². The second kappa shape index (κ2) is 5.48. The van der Waals surface area contributed by atoms with Gasteiger partial charge in [-0.1, -0.05) is 0 Å². The maximum absolute atomic E-state index is 11.5. The molecule has 0 saturated heterocycles. The third-order valence-electron chi connectivity index (χ3n) is 3.05. The zero-order chi connectivity index (χ0) is 14.0. The number of fused-ring (bicyclic) bond motifs is 1. The van der Waals surface area contributed by atoms with Crippen LogP contribution in [0.5, 0.6) is 11.5 Å². The van der Waals surface area contributed by atoms with Gasteiger partial charge in [-0.05, 0) is 26.0 Å². The fourth-order valence-corrected chi connectivity index (χ4v) is 2.19. The van der Waals surface area contributed by atoms with Crippen LogP contribution in [0.4, 0.5) is 0 Å². The van der Waals surface area contributed by atoms with Crippen LogP contribution < -0.4 is 9.47 Å². The van der Waals surface area contributed by atoms with E-state index in [1.807, 2.05) is 19.9 Å². The Kier molecular flexibility index (Phi) is 3.95. The van der Waals surface area contributed by atoms with Crippen LogP contribution in [0, 0.1) is 0 Å². The van der Waals surface area contributed by atoms with E-state index in [-0.39, 0.29) is 6.10 Å². The number of methoxy groups -OCH3 is 1. The van der Waals surface area contributed by atoms with E-state index in [9.17, 15) is 9.90 Å². The quantitative estimate of drug-likeness (QED) is 0.839. The minimum absolute atomic E-state index is 0.0926. The highest BCUT2D eigenvalue weighted by atomic mass is 16.5. The van der Waals surface area contributed by atoms with Gasteiger partial charge in [-0.3, -0.25) is 0 Å². The van der Waals surface area contributed by atoms with E-state index in [0.717, 1.165) is 12.0 Å². The van der Waals surface area contributed by atoms with Crippen LogP contribution in [0.15, 0.2) is 12.1 Å². The molecular formula is C14H18O5. The molecule has 1 heterocycles. The summed E-state index contributed by atoms with van der Waals surface area (Å²) in [5, 5.41) is 9.98. The Morgan fingerprint density at radius 2 is 2.32 bits per heavy atom. The first kappa shape index (κ1) is 13.7. The largest absolute Gasteiger partial charge is 0.493 e. The van der Waals surface area contributed by atoms with E-state index < -0.39 is 12.1 Å². The normalized spacial score (nSPS) is 18.4. The highest BCUT2D eigenvalue weighted by Crippen LogP contribution is 2.37. The molecule has 1 aliphatic rings. The molecule has 0 aliphatic carbocycles. The zero-order valence-corrected chi connectivity index (χ0v) is 11.3. The van der Waals surface area contributed by atoms with E-state index in [4.69, 9.17) is 9.47 Å². The summed E-state index contributed by atoms with van der Waals surface area (Å²) in [5.74, 6) is 0.470. The average Bonchev–Trinajstić information content (AvgIpc) is 2.75. The Balaban J connectivity index is 2.41. The first-order valence-corrected chi connectivity index (χ1v) is 6.29. The SMILES string of the molecule is CCOc1cc2c(cc1C(O)C(=O)OC)OC(C)C2. The van der Waals surface area contributed by atoms with Crippen molar-refractivity contribution in [2.75, 3.05) is 13.7 Å². The molecule has 19 heavy (non-hydrogen) atoms. The smallest absolute Gasteiger partial charge is 0.339 e. The molecule has 0 aromatic heterocycles. The number of carbonyl (C=O) groups is 1. The maximum atomic E-state index is 11.5. The molecule has 0 bridgehead atoms. The highest BCUT2D eigenvalue weighted by Gasteiger charge is 2.27. The van der Waals surface area contributed by atoms with Gasteiger partial charge in [0.25, 0.3) is 0 Å². The maximum Gasteiger partial charge on any atom is 0.339 e. The number of hydrogen-bond donors (Lipinski definition) is 1. The van der Waals surface area contributed by atoms with Crippen LogP contribution in [0.3, 0.4) is 0 Å². The predicted molar refractivity (Wildman–Crippen MR) is 68.4 cm³/mol. The van der Waals surface area contributed by atoms with Gasteiger partial charge in [0, 0.05) is 17.5 Å². The van der Waals surface area contributed by atoms with Crippen molar-refractivity contribution in [1.29, 1.82) is 0 Å². The van der Waals surface area contributed by atoms with Crippen molar-refractivity contribution in [2.24, 2.45) is 0 Å². The van der Waals surface area contributed by atoms with E-state index in [0.29, 0.717) is 23.7 Å². The third-order valence-corrected chi connectivity index (χ3v) is 3.05. The van der Waals surface area contributed by atoms with Crippen molar-refractivity contribution in [3.05, 3.63) is 23.3 Å². The van der Waals surface area contributed by atoms with Crippen molar-refractivity contribution in [2.45, 2.75) is 32.5 Å². The number of hydrogen-bond acceptors (Lipinski definition) is 5. The highest BCUT2D eigenvalue weighted by molar-refractivity contribution is 5.77. The first-order valence-electron chi connectivity index (χ1n) is 6.29. The van der Waals surface area contributed by atoms with Crippen molar-refractivity contribution < 1.29 is 24.1 Å². The molecule has 0 amide bonds. The number of aliphatic hydroxyl groups is 1. The lowest BCUT2D eigenvalue weighted by molar-refractivity contribution is -0.150. The van der Waals surface area contributed by atoms with Crippen molar-refractivity contribution in [3.8, 4) is 11.5 Å². The molecule has 0 saturated carbocycles. The Hall–Kier alpha value is -1.75. The standard InChI is InChI=1S/C14H18O5/c1-4-18-12-6-9-5-8(2)19-11(9)7-10(12)13(15)14(16)17-3/h6-8,13,15H,4-5H2,1-3H3. The van der Waals surface area contributed by atoms with E-state index >= 15 is 0 Å². The lowest BCUT2D eigenvalue weighted by Crippen LogP contribution is -2.15. The zero-order valence-electron chi connectivity index (χ0n) is 11.3. The average molecular weight is 266 g/mol. The van der Waals surface area contributed by atoms with E-state index in [1.54, 1.807) is 6.07 Å². The molecule has 5 heteroatoms. The van der Waals surface area contributed by atoms with Gasteiger partial charge in [-0.25, -0.2) is 4.79 Å². The summed E-state index contributed by atoms with van der Waals surface area (Å²) < 4.78 is 15.7. The molecule has 104 valence electrons. The molecule has 5 nitrogen and oxygen atoms in total. The van der Waals surface area contributed by atoms with Gasteiger partial charge >= 0.3 is 5.97 Å². The summed E-state index contributed by atoms with van der Waals surface area (Å²) in [6, 6.07) is 3.48. The number of carbonyl (C=O) groups excluding carboxylic acids is 1. The number of ether oxygens (including phenoxy) is 3. The monoisotopic (exact) mass is 266 g/mol. The van der Waals surface area contributed by atoms with Crippen LogP contribution in [-0.4, -0.2) is 30.9 Å². The molecule has 2 rings (SSSR count). The van der Waals surface area contributed by atoms with Crippen LogP contribution >= 0.6 is 0 Å². The van der Waals surface area contributed by atoms with Gasteiger partial charge in [0.05, 0.1) is 13.7 Å². The van der Waals surface area contributed by atoms with Gasteiger partial charge in [-0.15, -0.1) is 0 Å². The first-order chi connectivity index (χ1) is 9.06. The number of rotatable bonds is 4. The second-order valence-electron chi connectivity index (χ2n) is 4.49. The van der Waals surface area contributed by atoms with Crippen LogP contribution in [0.1, 0.15) is 31.1 Å². The molecule has 0 radical (unpaired) electrons. The minimum Gasteiger partial charge on any atom is -0.493 e. The van der Waals surface area contributed by atoms with Gasteiger partial charge in [-0.2, -0.15) is 0 Å². The molecule has 2 unspecified atom stereocenters.